The third kappa shape index (κ3) is 2.99. The maximum Gasteiger partial charge on any atom is 0.119 e. The van der Waals surface area contributed by atoms with Gasteiger partial charge in [-0.2, -0.15) is 0 Å². The molecule has 2 unspecified atom stereocenters. The molecule has 17 heavy (non-hydrogen) atoms. The van der Waals surface area contributed by atoms with Crippen molar-refractivity contribution in [3.8, 4) is 5.75 Å². The summed E-state index contributed by atoms with van der Waals surface area (Å²) in [6, 6.07) is 8.38. The first kappa shape index (κ1) is 12.4. The number of hydrogen-bond acceptors (Lipinski definition) is 3. The molecule has 1 aliphatic rings. The number of nitrogens with one attached hydrogen (secondary N) is 1. The lowest BCUT2D eigenvalue weighted by Crippen LogP contribution is -2.24. The van der Waals surface area contributed by atoms with Gasteiger partial charge < -0.3 is 14.8 Å². The zero-order valence-electron chi connectivity index (χ0n) is 10.6. The van der Waals surface area contributed by atoms with Crippen LogP contribution in [-0.2, 0) is 4.74 Å². The fourth-order valence-corrected chi connectivity index (χ4v) is 2.52. The lowest BCUT2D eigenvalue weighted by Gasteiger charge is -2.23. The van der Waals surface area contributed by atoms with Crippen molar-refractivity contribution in [1.29, 1.82) is 0 Å². The topological polar surface area (TPSA) is 30.5 Å². The van der Waals surface area contributed by atoms with E-state index in [4.69, 9.17) is 9.47 Å². The van der Waals surface area contributed by atoms with E-state index >= 15 is 0 Å². The summed E-state index contributed by atoms with van der Waals surface area (Å²) in [5.41, 5.74) is 1.34. The highest BCUT2D eigenvalue weighted by atomic mass is 16.5. The van der Waals surface area contributed by atoms with Gasteiger partial charge in [0.05, 0.1) is 13.7 Å². The van der Waals surface area contributed by atoms with Crippen molar-refractivity contribution >= 4 is 0 Å². The van der Waals surface area contributed by atoms with Gasteiger partial charge in [-0.1, -0.05) is 12.1 Å². The molecule has 2 rings (SSSR count). The first-order chi connectivity index (χ1) is 8.35. The molecule has 1 aromatic carbocycles. The largest absolute Gasteiger partial charge is 0.497 e. The minimum absolute atomic E-state index is 0.512. The Balaban J connectivity index is 2.18. The average Bonchev–Trinajstić information content (AvgIpc) is 2.89. The highest BCUT2D eigenvalue weighted by Crippen LogP contribution is 2.31. The molecule has 1 aliphatic heterocycles. The second-order valence-corrected chi connectivity index (χ2v) is 4.56. The number of likely N-dealkylation sites (N-methyl/N-ethyl adjacent to an activating group) is 1. The highest BCUT2D eigenvalue weighted by molar-refractivity contribution is 5.31. The molecular formula is C14H21NO2. The molecule has 0 bridgehead atoms. The number of benzene rings is 1. The predicted octanol–water partition coefficient (Wildman–Crippen LogP) is 2.03. The Morgan fingerprint density at radius 1 is 1.53 bits per heavy atom. The van der Waals surface area contributed by atoms with E-state index in [1.807, 2.05) is 13.1 Å². The summed E-state index contributed by atoms with van der Waals surface area (Å²) < 4.78 is 10.8. The first-order valence-corrected chi connectivity index (χ1v) is 6.21. The van der Waals surface area contributed by atoms with Gasteiger partial charge in [-0.15, -0.1) is 0 Å². The maximum absolute atomic E-state index is 5.50. The number of methoxy groups -OCH3 is 1. The summed E-state index contributed by atoms with van der Waals surface area (Å²) in [6.07, 6.45) is 1.16. The van der Waals surface area contributed by atoms with Crippen LogP contribution in [0.15, 0.2) is 24.3 Å². The van der Waals surface area contributed by atoms with E-state index in [2.05, 4.69) is 23.5 Å². The summed E-state index contributed by atoms with van der Waals surface area (Å²) in [5.74, 6) is 2.06. The van der Waals surface area contributed by atoms with Crippen LogP contribution in [0, 0.1) is 5.92 Å². The molecule has 1 aromatic rings. The van der Waals surface area contributed by atoms with Crippen LogP contribution < -0.4 is 10.1 Å². The van der Waals surface area contributed by atoms with E-state index < -0.39 is 0 Å². The van der Waals surface area contributed by atoms with E-state index in [9.17, 15) is 0 Å². The van der Waals surface area contributed by atoms with Gasteiger partial charge in [0.1, 0.15) is 5.75 Å². The van der Waals surface area contributed by atoms with Crippen LogP contribution >= 0.6 is 0 Å². The van der Waals surface area contributed by atoms with Crippen LogP contribution in [0.4, 0.5) is 0 Å². The quantitative estimate of drug-likeness (QED) is 0.847. The zero-order chi connectivity index (χ0) is 12.1. The Labute approximate surface area is 103 Å². The molecule has 1 fully saturated rings. The zero-order valence-corrected chi connectivity index (χ0v) is 10.6. The van der Waals surface area contributed by atoms with Gasteiger partial charge in [0.2, 0.25) is 0 Å². The van der Waals surface area contributed by atoms with Gasteiger partial charge >= 0.3 is 0 Å². The van der Waals surface area contributed by atoms with Crippen molar-refractivity contribution in [2.75, 3.05) is 33.9 Å². The molecule has 2 atom stereocenters. The Kier molecular flexibility index (Phi) is 4.40. The van der Waals surface area contributed by atoms with E-state index in [-0.39, 0.29) is 0 Å². The van der Waals surface area contributed by atoms with Crippen LogP contribution in [-0.4, -0.2) is 33.9 Å². The smallest absolute Gasteiger partial charge is 0.119 e. The molecule has 3 nitrogen and oxygen atoms in total. The number of ether oxygens (including phenoxy) is 2. The minimum Gasteiger partial charge on any atom is -0.497 e. The molecule has 1 saturated heterocycles. The summed E-state index contributed by atoms with van der Waals surface area (Å²) in [7, 11) is 3.72. The fraction of sp³-hybridized carbons (Fsp3) is 0.571. The second-order valence-electron chi connectivity index (χ2n) is 4.56. The third-order valence-electron chi connectivity index (χ3n) is 3.48. The normalized spacial score (nSPS) is 21.4. The Bertz CT molecular complexity index is 348. The Morgan fingerprint density at radius 2 is 2.41 bits per heavy atom. The van der Waals surface area contributed by atoms with Gasteiger partial charge in [-0.25, -0.2) is 0 Å². The monoisotopic (exact) mass is 235 g/mol. The van der Waals surface area contributed by atoms with Gasteiger partial charge in [-0.3, -0.25) is 0 Å². The fourth-order valence-electron chi connectivity index (χ4n) is 2.52. The second kappa shape index (κ2) is 6.03. The summed E-state index contributed by atoms with van der Waals surface area (Å²) in [4.78, 5) is 0. The summed E-state index contributed by atoms with van der Waals surface area (Å²) in [5, 5.41) is 3.28. The molecule has 0 spiro atoms. The van der Waals surface area contributed by atoms with E-state index in [0.717, 1.165) is 31.9 Å². The van der Waals surface area contributed by atoms with E-state index in [1.54, 1.807) is 7.11 Å². The molecular weight excluding hydrogens is 214 g/mol. The van der Waals surface area contributed by atoms with E-state index in [0.29, 0.717) is 11.8 Å². The number of hydrogen-bond donors (Lipinski definition) is 1. The lowest BCUT2D eigenvalue weighted by molar-refractivity contribution is 0.180. The molecule has 0 aromatic heterocycles. The minimum atomic E-state index is 0.512. The molecule has 1 heterocycles. The van der Waals surface area contributed by atoms with Gasteiger partial charge in [0.15, 0.2) is 0 Å². The average molecular weight is 235 g/mol. The number of rotatable bonds is 5. The van der Waals surface area contributed by atoms with Crippen LogP contribution in [0.25, 0.3) is 0 Å². The Hall–Kier alpha value is -1.06. The lowest BCUT2D eigenvalue weighted by atomic mass is 9.85. The summed E-state index contributed by atoms with van der Waals surface area (Å²) in [6.45, 7) is 2.76. The van der Waals surface area contributed by atoms with Crippen molar-refractivity contribution < 1.29 is 9.47 Å². The first-order valence-electron chi connectivity index (χ1n) is 6.21. The molecule has 94 valence electrons. The van der Waals surface area contributed by atoms with Crippen LogP contribution in [0.1, 0.15) is 17.9 Å². The van der Waals surface area contributed by atoms with Crippen LogP contribution in [0.2, 0.25) is 0 Å². The molecule has 1 N–H and O–H groups in total. The standard InChI is InChI=1S/C14H21NO2/c1-15-9-14(12-6-7-17-10-12)11-4-3-5-13(8-11)16-2/h3-5,8,12,14-15H,6-7,9-10H2,1-2H3. The van der Waals surface area contributed by atoms with Crippen molar-refractivity contribution in [1.82, 2.24) is 5.32 Å². The summed E-state index contributed by atoms with van der Waals surface area (Å²) >= 11 is 0. The van der Waals surface area contributed by atoms with Gasteiger partial charge in [-0.05, 0) is 37.1 Å². The molecule has 0 amide bonds. The van der Waals surface area contributed by atoms with Crippen LogP contribution in [0.5, 0.6) is 5.75 Å². The predicted molar refractivity (Wildman–Crippen MR) is 68.6 cm³/mol. The van der Waals surface area contributed by atoms with Gasteiger partial charge in [0, 0.05) is 19.1 Å². The molecule has 0 radical (unpaired) electrons. The van der Waals surface area contributed by atoms with Crippen molar-refractivity contribution in [3.05, 3.63) is 29.8 Å². The maximum atomic E-state index is 5.50. The van der Waals surface area contributed by atoms with E-state index in [1.165, 1.54) is 5.56 Å². The molecule has 3 heteroatoms. The SMILES string of the molecule is CNCC(c1cccc(OC)c1)C1CCOC1. The highest BCUT2D eigenvalue weighted by Gasteiger charge is 2.26. The Morgan fingerprint density at radius 3 is 3.06 bits per heavy atom. The van der Waals surface area contributed by atoms with Crippen molar-refractivity contribution in [2.45, 2.75) is 12.3 Å². The third-order valence-corrected chi connectivity index (χ3v) is 3.48. The molecule has 0 aliphatic carbocycles. The van der Waals surface area contributed by atoms with Crippen molar-refractivity contribution in [3.63, 3.8) is 0 Å². The van der Waals surface area contributed by atoms with Crippen LogP contribution in [0.3, 0.4) is 0 Å². The van der Waals surface area contributed by atoms with Crippen molar-refractivity contribution in [2.24, 2.45) is 5.92 Å². The molecule has 0 saturated carbocycles. The van der Waals surface area contributed by atoms with Gasteiger partial charge in [0.25, 0.3) is 0 Å².